The van der Waals surface area contributed by atoms with E-state index in [2.05, 4.69) is 5.32 Å². The fourth-order valence-corrected chi connectivity index (χ4v) is 2.72. The molecule has 1 saturated heterocycles. The van der Waals surface area contributed by atoms with Crippen LogP contribution in [-0.4, -0.2) is 32.7 Å². The van der Waals surface area contributed by atoms with E-state index >= 15 is 0 Å². The molecule has 1 heterocycles. The molecule has 4 nitrogen and oxygen atoms in total. The Hall–Kier alpha value is -1.55. The lowest BCUT2D eigenvalue weighted by Gasteiger charge is -2.23. The molecule has 1 fully saturated rings. The highest BCUT2D eigenvalue weighted by molar-refractivity contribution is 5.92. The van der Waals surface area contributed by atoms with E-state index in [1.54, 1.807) is 12.0 Å². The minimum absolute atomic E-state index is 0.0759. The Morgan fingerprint density at radius 3 is 2.75 bits per heavy atom. The molecule has 2 rings (SSSR count). The molecule has 0 aromatic heterocycles. The summed E-state index contributed by atoms with van der Waals surface area (Å²) in [5.74, 6) is 0.793. The predicted molar refractivity (Wildman–Crippen MR) is 80.4 cm³/mol. The largest absolute Gasteiger partial charge is 0.495 e. The molecule has 20 heavy (non-hydrogen) atoms. The number of carbonyl (C=O) groups excluding carboxylic acids is 1. The molecule has 1 aliphatic heterocycles. The van der Waals surface area contributed by atoms with Gasteiger partial charge in [-0.2, -0.15) is 0 Å². The predicted octanol–water partition coefficient (Wildman–Crippen LogP) is 1.40. The minimum atomic E-state index is 0.0759. The lowest BCUT2D eigenvalue weighted by atomic mass is 10.1. The fraction of sp³-hybridized carbons (Fsp3) is 0.562. The number of aryl methyl sites for hydroxylation is 1. The molecule has 1 aromatic rings. The van der Waals surface area contributed by atoms with Crippen molar-refractivity contribution < 1.29 is 14.4 Å². The van der Waals surface area contributed by atoms with Gasteiger partial charge in [-0.25, -0.2) is 0 Å². The van der Waals surface area contributed by atoms with Gasteiger partial charge in [-0.3, -0.25) is 4.79 Å². The van der Waals surface area contributed by atoms with Crippen molar-refractivity contribution in [2.75, 3.05) is 32.1 Å². The van der Waals surface area contributed by atoms with Gasteiger partial charge in [0.15, 0.2) is 0 Å². The summed E-state index contributed by atoms with van der Waals surface area (Å²) in [4.78, 5) is 13.6. The van der Waals surface area contributed by atoms with Crippen LogP contribution in [0.2, 0.25) is 0 Å². The number of anilines is 1. The van der Waals surface area contributed by atoms with Gasteiger partial charge >= 0.3 is 0 Å². The highest BCUT2D eigenvalue weighted by atomic mass is 16.5. The van der Waals surface area contributed by atoms with Crippen LogP contribution in [0.5, 0.6) is 5.75 Å². The number of benzene rings is 1. The van der Waals surface area contributed by atoms with Crippen molar-refractivity contribution >= 4 is 11.6 Å². The zero-order valence-electron chi connectivity index (χ0n) is 12.5. The zero-order valence-corrected chi connectivity index (χ0v) is 12.5. The number of hydrogen-bond acceptors (Lipinski definition) is 2. The van der Waals surface area contributed by atoms with Crippen LogP contribution in [0.1, 0.15) is 31.2 Å². The number of carbonyl (C=O) groups is 1. The number of ether oxygens (including phenoxy) is 1. The maximum absolute atomic E-state index is 12.1. The molecule has 110 valence electrons. The number of nitrogens with one attached hydrogen (secondary N) is 2. The molecule has 2 N–H and O–H groups in total. The van der Waals surface area contributed by atoms with Crippen LogP contribution in [-0.2, 0) is 4.79 Å². The summed E-state index contributed by atoms with van der Waals surface area (Å²) in [6, 6.07) is 5.82. The quantitative estimate of drug-likeness (QED) is 0.854. The van der Waals surface area contributed by atoms with Crippen molar-refractivity contribution in [3.05, 3.63) is 23.8 Å². The summed E-state index contributed by atoms with van der Waals surface area (Å²) in [5, 5.41) is 2.96. The van der Waals surface area contributed by atoms with Crippen molar-refractivity contribution in [2.45, 2.75) is 32.6 Å². The SMILES string of the molecule is COc1ccc(C)cc1NC(=O)CC[NH+]1CCCCC1. The van der Waals surface area contributed by atoms with E-state index in [1.165, 1.54) is 32.4 Å². The molecular formula is C16H25N2O2+. The summed E-state index contributed by atoms with van der Waals surface area (Å²) < 4.78 is 5.28. The van der Waals surface area contributed by atoms with Crippen molar-refractivity contribution in [1.29, 1.82) is 0 Å². The average Bonchev–Trinajstić information content (AvgIpc) is 2.46. The molecule has 4 heteroatoms. The van der Waals surface area contributed by atoms with Gasteiger partial charge in [-0.15, -0.1) is 0 Å². The molecular weight excluding hydrogens is 252 g/mol. The summed E-state index contributed by atoms with van der Waals surface area (Å²) in [6.07, 6.45) is 4.51. The number of amides is 1. The van der Waals surface area contributed by atoms with Crippen LogP contribution in [0.15, 0.2) is 18.2 Å². The number of hydrogen-bond donors (Lipinski definition) is 2. The molecule has 0 unspecified atom stereocenters. The fourth-order valence-electron chi connectivity index (χ4n) is 2.72. The molecule has 0 saturated carbocycles. The lowest BCUT2D eigenvalue weighted by Crippen LogP contribution is -3.12. The van der Waals surface area contributed by atoms with E-state index in [-0.39, 0.29) is 5.91 Å². The Morgan fingerprint density at radius 2 is 2.05 bits per heavy atom. The summed E-state index contributed by atoms with van der Waals surface area (Å²) in [7, 11) is 1.62. The Kier molecular flexibility index (Phi) is 5.41. The van der Waals surface area contributed by atoms with Crippen molar-refractivity contribution in [1.82, 2.24) is 0 Å². The highest BCUT2D eigenvalue weighted by Gasteiger charge is 2.15. The highest BCUT2D eigenvalue weighted by Crippen LogP contribution is 2.25. The molecule has 0 aliphatic carbocycles. The Balaban J connectivity index is 1.86. The monoisotopic (exact) mass is 277 g/mol. The second-order valence-corrected chi connectivity index (χ2v) is 5.56. The molecule has 1 aromatic carbocycles. The smallest absolute Gasteiger partial charge is 0.230 e. The first kappa shape index (κ1) is 14.9. The molecule has 0 atom stereocenters. The Morgan fingerprint density at radius 1 is 1.30 bits per heavy atom. The van der Waals surface area contributed by atoms with Gasteiger partial charge < -0.3 is 15.0 Å². The van der Waals surface area contributed by atoms with E-state index in [1.807, 2.05) is 25.1 Å². The van der Waals surface area contributed by atoms with E-state index in [4.69, 9.17) is 4.74 Å². The zero-order chi connectivity index (χ0) is 14.4. The third kappa shape index (κ3) is 4.23. The van der Waals surface area contributed by atoms with Gasteiger partial charge in [0.25, 0.3) is 0 Å². The number of quaternary nitrogens is 1. The molecule has 0 spiro atoms. The van der Waals surface area contributed by atoms with Crippen LogP contribution < -0.4 is 15.0 Å². The molecule has 1 amide bonds. The summed E-state index contributed by atoms with van der Waals surface area (Å²) >= 11 is 0. The first-order chi connectivity index (χ1) is 9.69. The molecule has 1 aliphatic rings. The normalized spacial score (nSPS) is 15.9. The third-order valence-corrected chi connectivity index (χ3v) is 3.90. The lowest BCUT2D eigenvalue weighted by molar-refractivity contribution is -0.904. The van der Waals surface area contributed by atoms with E-state index < -0.39 is 0 Å². The van der Waals surface area contributed by atoms with Gasteiger partial charge in [0.2, 0.25) is 5.91 Å². The van der Waals surface area contributed by atoms with Crippen LogP contribution in [0.3, 0.4) is 0 Å². The first-order valence-electron chi connectivity index (χ1n) is 7.47. The van der Waals surface area contributed by atoms with Crippen molar-refractivity contribution in [3.63, 3.8) is 0 Å². The summed E-state index contributed by atoms with van der Waals surface area (Å²) in [5.41, 5.74) is 1.88. The van der Waals surface area contributed by atoms with Gasteiger partial charge in [0.1, 0.15) is 5.75 Å². The molecule has 0 radical (unpaired) electrons. The minimum Gasteiger partial charge on any atom is -0.495 e. The van der Waals surface area contributed by atoms with Gasteiger partial charge in [-0.1, -0.05) is 6.07 Å². The van der Waals surface area contributed by atoms with Crippen LogP contribution in [0.25, 0.3) is 0 Å². The molecule has 0 bridgehead atoms. The summed E-state index contributed by atoms with van der Waals surface area (Å²) in [6.45, 7) is 5.36. The topological polar surface area (TPSA) is 42.8 Å². The van der Waals surface area contributed by atoms with Gasteiger partial charge in [-0.05, 0) is 43.9 Å². The van der Waals surface area contributed by atoms with Crippen LogP contribution >= 0.6 is 0 Å². The van der Waals surface area contributed by atoms with E-state index in [0.29, 0.717) is 12.2 Å². The standard InChI is InChI=1S/C16H24N2O2/c1-13-6-7-15(20-2)14(12-13)17-16(19)8-11-18-9-4-3-5-10-18/h6-7,12H,3-5,8-11H2,1-2H3,(H,17,19)/p+1. The van der Waals surface area contributed by atoms with Gasteiger partial charge in [0, 0.05) is 0 Å². The number of piperidine rings is 1. The second-order valence-electron chi connectivity index (χ2n) is 5.56. The first-order valence-corrected chi connectivity index (χ1v) is 7.47. The Bertz CT molecular complexity index is 454. The Labute approximate surface area is 121 Å². The van der Waals surface area contributed by atoms with Crippen molar-refractivity contribution in [2.24, 2.45) is 0 Å². The number of methoxy groups -OCH3 is 1. The second kappa shape index (κ2) is 7.29. The maximum atomic E-state index is 12.1. The van der Waals surface area contributed by atoms with Crippen molar-refractivity contribution in [3.8, 4) is 5.75 Å². The number of rotatable bonds is 5. The average molecular weight is 277 g/mol. The van der Waals surface area contributed by atoms with E-state index in [9.17, 15) is 4.79 Å². The van der Waals surface area contributed by atoms with Gasteiger partial charge in [0.05, 0.1) is 38.9 Å². The van der Waals surface area contributed by atoms with E-state index in [0.717, 1.165) is 17.8 Å². The number of likely N-dealkylation sites (tertiary alicyclic amines) is 1. The third-order valence-electron chi connectivity index (χ3n) is 3.90. The van der Waals surface area contributed by atoms with Crippen LogP contribution in [0, 0.1) is 6.92 Å². The maximum Gasteiger partial charge on any atom is 0.230 e. The van der Waals surface area contributed by atoms with Crippen LogP contribution in [0.4, 0.5) is 5.69 Å².